The van der Waals surface area contributed by atoms with Crippen molar-refractivity contribution in [2.45, 2.75) is 36.5 Å². The van der Waals surface area contributed by atoms with Crippen molar-refractivity contribution in [3.05, 3.63) is 53.6 Å². The van der Waals surface area contributed by atoms with Crippen molar-refractivity contribution >= 4 is 17.4 Å². The summed E-state index contributed by atoms with van der Waals surface area (Å²) in [5, 5.41) is 0. The first-order chi connectivity index (χ1) is 8.56. The highest BCUT2D eigenvalue weighted by Gasteiger charge is 2.02. The second-order valence-corrected chi connectivity index (χ2v) is 5.99. The Morgan fingerprint density at radius 1 is 0.944 bits per heavy atom. The quantitative estimate of drug-likeness (QED) is 0.795. The smallest absolute Gasteiger partial charge is 0.0344 e. The Morgan fingerprint density at radius 3 is 2.11 bits per heavy atom. The second kappa shape index (κ2) is 5.49. The summed E-state index contributed by atoms with van der Waals surface area (Å²) >= 11 is 1.78. The van der Waals surface area contributed by atoms with Crippen molar-refractivity contribution in [1.82, 2.24) is 0 Å². The number of aryl methyl sites for hydroxylation is 1. The van der Waals surface area contributed by atoms with Crippen molar-refractivity contribution in [3.63, 3.8) is 0 Å². The Hall–Kier alpha value is -1.41. The normalized spacial score (nSPS) is 10.9. The summed E-state index contributed by atoms with van der Waals surface area (Å²) in [6.45, 7) is 6.47. The molecule has 0 heterocycles. The van der Waals surface area contributed by atoms with Gasteiger partial charge in [0, 0.05) is 15.5 Å². The van der Waals surface area contributed by atoms with Gasteiger partial charge in [0.2, 0.25) is 0 Å². The highest BCUT2D eigenvalue weighted by atomic mass is 32.2. The first-order valence-corrected chi connectivity index (χ1v) is 7.02. The van der Waals surface area contributed by atoms with Crippen LogP contribution >= 0.6 is 11.8 Å². The van der Waals surface area contributed by atoms with Crippen molar-refractivity contribution in [2.24, 2.45) is 0 Å². The van der Waals surface area contributed by atoms with Crippen molar-refractivity contribution in [3.8, 4) is 0 Å². The second-order valence-electron chi connectivity index (χ2n) is 4.84. The molecule has 0 fully saturated rings. The van der Waals surface area contributed by atoms with Gasteiger partial charge in [0.1, 0.15) is 0 Å². The fraction of sp³-hybridized carbons (Fsp3) is 0.250. The standard InChI is InChI=1S/C16H19NS/c1-11(2)13-4-6-14(7-5-13)18-15-8-9-16(17)12(3)10-15/h4-11H,17H2,1-3H3. The summed E-state index contributed by atoms with van der Waals surface area (Å²) in [6.07, 6.45) is 0. The molecule has 0 atom stereocenters. The minimum absolute atomic E-state index is 0.586. The van der Waals surface area contributed by atoms with Crippen molar-refractivity contribution in [1.29, 1.82) is 0 Å². The molecule has 0 bridgehead atoms. The van der Waals surface area contributed by atoms with Crippen molar-refractivity contribution < 1.29 is 0 Å². The van der Waals surface area contributed by atoms with E-state index in [9.17, 15) is 0 Å². The number of benzene rings is 2. The predicted octanol–water partition coefficient (Wildman–Crippen LogP) is 4.85. The maximum Gasteiger partial charge on any atom is 0.0344 e. The van der Waals surface area contributed by atoms with Gasteiger partial charge in [0.05, 0.1) is 0 Å². The molecule has 0 unspecified atom stereocenters. The predicted molar refractivity (Wildman–Crippen MR) is 80.2 cm³/mol. The van der Waals surface area contributed by atoms with Gasteiger partial charge in [-0.15, -0.1) is 0 Å². The molecular weight excluding hydrogens is 238 g/mol. The average molecular weight is 257 g/mol. The zero-order valence-electron chi connectivity index (χ0n) is 11.1. The van der Waals surface area contributed by atoms with Gasteiger partial charge in [-0.25, -0.2) is 0 Å². The van der Waals surface area contributed by atoms with E-state index in [0.717, 1.165) is 11.3 Å². The minimum atomic E-state index is 0.586. The summed E-state index contributed by atoms with van der Waals surface area (Å²) < 4.78 is 0. The zero-order valence-corrected chi connectivity index (χ0v) is 11.9. The van der Waals surface area contributed by atoms with Crippen LogP contribution in [0.25, 0.3) is 0 Å². The molecule has 18 heavy (non-hydrogen) atoms. The molecule has 0 saturated heterocycles. The zero-order chi connectivity index (χ0) is 13.1. The first kappa shape index (κ1) is 13.0. The highest BCUT2D eigenvalue weighted by Crippen LogP contribution is 2.30. The summed E-state index contributed by atoms with van der Waals surface area (Å²) in [5.74, 6) is 0.586. The Bertz CT molecular complexity index is 529. The van der Waals surface area contributed by atoms with Crippen LogP contribution < -0.4 is 5.73 Å². The molecule has 1 nitrogen and oxygen atoms in total. The fourth-order valence-electron chi connectivity index (χ4n) is 1.77. The maximum atomic E-state index is 5.83. The van der Waals surface area contributed by atoms with Crippen LogP contribution in [0.2, 0.25) is 0 Å². The van der Waals surface area contributed by atoms with Crippen LogP contribution in [-0.2, 0) is 0 Å². The molecule has 94 valence electrons. The van der Waals surface area contributed by atoms with E-state index in [4.69, 9.17) is 5.73 Å². The third-order valence-corrected chi connectivity index (χ3v) is 4.02. The van der Waals surface area contributed by atoms with E-state index in [2.05, 4.69) is 50.2 Å². The van der Waals surface area contributed by atoms with E-state index < -0.39 is 0 Å². The topological polar surface area (TPSA) is 26.0 Å². The van der Waals surface area contributed by atoms with Crippen molar-refractivity contribution in [2.75, 3.05) is 5.73 Å². The molecule has 2 aromatic rings. The van der Waals surface area contributed by atoms with Crippen LogP contribution in [0.3, 0.4) is 0 Å². The molecule has 0 saturated carbocycles. The number of rotatable bonds is 3. The number of nitrogens with two attached hydrogens (primary N) is 1. The van der Waals surface area contributed by atoms with Crippen LogP contribution in [0.4, 0.5) is 5.69 Å². The molecule has 0 radical (unpaired) electrons. The lowest BCUT2D eigenvalue weighted by Gasteiger charge is -2.08. The molecule has 2 N–H and O–H groups in total. The van der Waals surface area contributed by atoms with Gasteiger partial charge < -0.3 is 5.73 Å². The van der Waals surface area contributed by atoms with E-state index >= 15 is 0 Å². The molecule has 0 amide bonds. The van der Waals surface area contributed by atoms with Gasteiger partial charge in [-0.05, 0) is 54.3 Å². The lowest BCUT2D eigenvalue weighted by molar-refractivity contribution is 0.865. The molecule has 2 rings (SSSR count). The highest BCUT2D eigenvalue weighted by molar-refractivity contribution is 7.99. The number of nitrogen functional groups attached to an aromatic ring is 1. The van der Waals surface area contributed by atoms with E-state index in [1.165, 1.54) is 15.4 Å². The fourth-order valence-corrected chi connectivity index (χ4v) is 2.68. The van der Waals surface area contributed by atoms with Crippen LogP contribution in [0.1, 0.15) is 30.9 Å². The molecule has 2 heteroatoms. The monoisotopic (exact) mass is 257 g/mol. The molecule has 2 aromatic carbocycles. The number of hydrogen-bond donors (Lipinski definition) is 1. The summed E-state index contributed by atoms with van der Waals surface area (Å²) in [5.41, 5.74) is 9.20. The maximum absolute atomic E-state index is 5.83. The molecular formula is C16H19NS. The van der Waals surface area contributed by atoms with Gasteiger partial charge in [0.15, 0.2) is 0 Å². The van der Waals surface area contributed by atoms with Gasteiger partial charge in [-0.3, -0.25) is 0 Å². The summed E-state index contributed by atoms with van der Waals surface area (Å²) in [4.78, 5) is 2.50. The van der Waals surface area contributed by atoms with E-state index in [0.29, 0.717) is 5.92 Å². The van der Waals surface area contributed by atoms with Gasteiger partial charge in [-0.1, -0.05) is 37.7 Å². The van der Waals surface area contributed by atoms with Crippen LogP contribution in [-0.4, -0.2) is 0 Å². The Balaban J connectivity index is 2.15. The Labute approximate surface area is 113 Å². The third-order valence-electron chi connectivity index (χ3n) is 3.02. The average Bonchev–Trinajstić information content (AvgIpc) is 2.34. The lowest BCUT2D eigenvalue weighted by Crippen LogP contribution is -1.89. The van der Waals surface area contributed by atoms with E-state index in [1.807, 2.05) is 13.0 Å². The molecule has 0 aliphatic rings. The number of hydrogen-bond acceptors (Lipinski definition) is 2. The molecule has 0 spiro atoms. The summed E-state index contributed by atoms with van der Waals surface area (Å²) in [6, 6.07) is 15.0. The summed E-state index contributed by atoms with van der Waals surface area (Å²) in [7, 11) is 0. The SMILES string of the molecule is Cc1cc(Sc2ccc(C(C)C)cc2)ccc1N. The van der Waals surface area contributed by atoms with Crippen LogP contribution in [0, 0.1) is 6.92 Å². The Kier molecular flexibility index (Phi) is 3.97. The van der Waals surface area contributed by atoms with Crippen LogP contribution in [0.15, 0.2) is 52.3 Å². The minimum Gasteiger partial charge on any atom is -0.399 e. The Morgan fingerprint density at radius 2 is 1.56 bits per heavy atom. The van der Waals surface area contributed by atoms with E-state index in [-0.39, 0.29) is 0 Å². The third kappa shape index (κ3) is 3.08. The van der Waals surface area contributed by atoms with Gasteiger partial charge in [0.25, 0.3) is 0 Å². The number of anilines is 1. The molecule has 0 aliphatic carbocycles. The molecule has 0 aliphatic heterocycles. The molecule has 0 aromatic heterocycles. The first-order valence-electron chi connectivity index (χ1n) is 6.20. The largest absolute Gasteiger partial charge is 0.399 e. The lowest BCUT2D eigenvalue weighted by atomic mass is 10.0. The van der Waals surface area contributed by atoms with Gasteiger partial charge >= 0.3 is 0 Å². The van der Waals surface area contributed by atoms with Gasteiger partial charge in [-0.2, -0.15) is 0 Å². The van der Waals surface area contributed by atoms with E-state index in [1.54, 1.807) is 11.8 Å². The van der Waals surface area contributed by atoms with Crippen LogP contribution in [0.5, 0.6) is 0 Å².